The average Bonchev–Trinajstić information content (AvgIpc) is 0.839. The first kappa shape index (κ1) is 90.1. The minimum atomic E-state index is -1.32. The van der Waals surface area contributed by atoms with Crippen molar-refractivity contribution in [1.29, 1.82) is 0 Å². The first-order valence-electron chi connectivity index (χ1n) is 34.4. The van der Waals surface area contributed by atoms with E-state index in [0.717, 1.165) is 0 Å². The molecule has 0 aromatic heterocycles. The second kappa shape index (κ2) is 50.4. The van der Waals surface area contributed by atoms with Gasteiger partial charge in [0.2, 0.25) is 47.3 Å². The van der Waals surface area contributed by atoms with Gasteiger partial charge in [-0.1, -0.05) is 62.3 Å². The summed E-state index contributed by atoms with van der Waals surface area (Å²) < 4.78 is 38.5. The number of amides is 8. The van der Waals surface area contributed by atoms with Crippen LogP contribution in [0.25, 0.3) is 0 Å². The lowest BCUT2D eigenvalue weighted by atomic mass is 9.82. The van der Waals surface area contributed by atoms with Crippen molar-refractivity contribution in [2.75, 3.05) is 99.2 Å². The molecule has 32 nitrogen and oxygen atoms in total. The van der Waals surface area contributed by atoms with Gasteiger partial charge in [0, 0.05) is 115 Å². The molecule has 8 amide bonds. The number of rotatable bonds is 45. The predicted molar refractivity (Wildman–Crippen MR) is 353 cm³/mol. The van der Waals surface area contributed by atoms with Gasteiger partial charge in [0.15, 0.2) is 18.9 Å². The summed E-state index contributed by atoms with van der Waals surface area (Å²) in [7, 11) is 1.54. The van der Waals surface area contributed by atoms with Gasteiger partial charge in [-0.15, -0.1) is 0 Å². The monoisotopic (exact) mass is 1400 g/mol. The van der Waals surface area contributed by atoms with Crippen LogP contribution in [-0.4, -0.2) is 272 Å². The average molecular weight is 1400 g/mol. The number of hydrogen-bond donors (Lipinski definition) is 17. The maximum atomic E-state index is 13.8. The van der Waals surface area contributed by atoms with Crippen LogP contribution in [0.1, 0.15) is 165 Å². The highest BCUT2D eigenvalue weighted by molar-refractivity contribution is 5.81. The van der Waals surface area contributed by atoms with Gasteiger partial charge in [-0.2, -0.15) is 0 Å². The lowest BCUT2D eigenvalue weighted by Crippen LogP contribution is -2.55. The fraction of sp³-hybridized carbons (Fsp3) is 0.877. The molecule has 3 aliphatic rings. The SMILES string of the molecule is CC.CC(C)(C)C.COCCCNC(=O)CCCC(=O)NC(CCC(=O)NCCCNC(=O)CCO[C@@H]1OC(CO)[C@H](O)[C@H](O)C1C)(CCC(=O)NCCCNC(=O)CCO[C@@H]1OC(CO)[C@H](O)[C@H](O)C1C)CCC(=O)NCCCNC(=O)CCO[C@@H]1OC(CO)[C@H](O)[C@H](O)C1C. The molecular formula is C65H122N8O24. The number of aliphatic hydroxyl groups excluding tert-OH is 9. The van der Waals surface area contributed by atoms with Crippen LogP contribution in [0.4, 0.5) is 0 Å². The Labute approximate surface area is 572 Å². The molecule has 0 aromatic rings. The molecular weight excluding hydrogens is 1280 g/mol. The standard InChI is InChI=1S/C58H104N8O24.C5H12.C2H6/c1-35-49(78)52(81)38(32-67)88-55(35)85-29-15-45(74)62-24-6-21-59-42(71)12-18-58(66-48(77)11-5-10-41(70)65-27-9-28-84-4,19-13-43(72)60-22-7-25-63-46(75)16-30-86-56-36(2)50(79)53(82)39(33-68)89-56)20-14-44(73)61-23-8-26-64-47(76)17-31-87-57-37(3)51(80)54(83)40(34-69)90-57;1-5(2,3)4;1-2/h35-40,49-57,67-69,78-83H,5-34H2,1-4H3,(H,59,71)(H,60,72)(H,61,73)(H,62,74)(H,63,75)(H,64,76)(H,65,70)(H,66,77);1-4H3;1-2H3/t35?,36?,37?,38?,39?,40?,49-,50-,51-,52+,53+,54+,55-,56-,57-,58?;;/m1../s1. The van der Waals surface area contributed by atoms with Crippen molar-refractivity contribution in [3.05, 3.63) is 0 Å². The third-order valence-electron chi connectivity index (χ3n) is 15.9. The lowest BCUT2D eigenvalue weighted by Gasteiger charge is -2.40. The molecule has 0 spiro atoms. The minimum Gasteiger partial charge on any atom is -0.394 e. The van der Waals surface area contributed by atoms with E-state index < -0.39 is 141 Å². The van der Waals surface area contributed by atoms with Gasteiger partial charge in [0.05, 0.1) is 77.2 Å². The van der Waals surface area contributed by atoms with Gasteiger partial charge in [-0.25, -0.2) is 0 Å². The summed E-state index contributed by atoms with van der Waals surface area (Å²) in [5.74, 6) is -5.06. The zero-order valence-corrected chi connectivity index (χ0v) is 59.0. The van der Waals surface area contributed by atoms with E-state index in [1.165, 1.54) is 0 Å². The summed E-state index contributed by atoms with van der Waals surface area (Å²) in [4.78, 5) is 105. The van der Waals surface area contributed by atoms with Crippen molar-refractivity contribution in [2.45, 2.75) is 244 Å². The number of nitrogens with one attached hydrogen (secondary N) is 8. The van der Waals surface area contributed by atoms with Crippen molar-refractivity contribution >= 4 is 47.3 Å². The summed E-state index contributed by atoms with van der Waals surface area (Å²) in [6.45, 7) is 17.5. The van der Waals surface area contributed by atoms with Crippen molar-refractivity contribution in [3.8, 4) is 0 Å². The highest BCUT2D eigenvalue weighted by Gasteiger charge is 2.45. The molecule has 6 unspecified atom stereocenters. The van der Waals surface area contributed by atoms with Crippen molar-refractivity contribution < 1.29 is 117 Å². The van der Waals surface area contributed by atoms with Crippen LogP contribution in [0, 0.1) is 23.2 Å². The van der Waals surface area contributed by atoms with E-state index in [1.54, 1.807) is 27.9 Å². The topological polar surface area (TPSA) is 479 Å². The molecule has 0 radical (unpaired) electrons. The Morgan fingerprint density at radius 1 is 0.361 bits per heavy atom. The Morgan fingerprint density at radius 3 is 0.876 bits per heavy atom. The van der Waals surface area contributed by atoms with E-state index in [1.807, 2.05) is 13.8 Å². The third-order valence-corrected chi connectivity index (χ3v) is 15.9. The van der Waals surface area contributed by atoms with E-state index in [-0.39, 0.29) is 160 Å². The largest absolute Gasteiger partial charge is 0.394 e. The Balaban J connectivity index is 0.00000640. The number of hydrogen-bond acceptors (Lipinski definition) is 24. The molecule has 566 valence electrons. The van der Waals surface area contributed by atoms with Gasteiger partial charge in [0.25, 0.3) is 0 Å². The van der Waals surface area contributed by atoms with Crippen molar-refractivity contribution in [3.63, 3.8) is 0 Å². The van der Waals surface area contributed by atoms with Crippen LogP contribution < -0.4 is 42.5 Å². The number of ether oxygens (including phenoxy) is 7. The maximum Gasteiger partial charge on any atom is 0.222 e. The van der Waals surface area contributed by atoms with E-state index in [4.69, 9.17) is 33.2 Å². The second-order valence-electron chi connectivity index (χ2n) is 26.1. The second-order valence-corrected chi connectivity index (χ2v) is 26.1. The Bertz CT molecular complexity index is 2030. The van der Waals surface area contributed by atoms with E-state index in [0.29, 0.717) is 44.2 Å². The molecule has 17 N–H and O–H groups in total. The molecule has 0 bridgehead atoms. The first-order chi connectivity index (χ1) is 46.0. The van der Waals surface area contributed by atoms with Crippen LogP contribution in [-0.2, 0) is 71.5 Å². The first-order valence-corrected chi connectivity index (χ1v) is 34.4. The molecule has 3 fully saturated rings. The molecule has 3 rings (SSSR count). The van der Waals surface area contributed by atoms with Crippen LogP contribution in [0.15, 0.2) is 0 Å². The fourth-order valence-corrected chi connectivity index (χ4v) is 10.1. The summed E-state index contributed by atoms with van der Waals surface area (Å²) >= 11 is 0. The smallest absolute Gasteiger partial charge is 0.222 e. The Morgan fingerprint density at radius 2 is 0.608 bits per heavy atom. The quantitative estimate of drug-likeness (QED) is 0.0290. The highest BCUT2D eigenvalue weighted by Crippen LogP contribution is 2.30. The maximum absolute atomic E-state index is 13.8. The molecule has 3 saturated heterocycles. The lowest BCUT2D eigenvalue weighted by molar-refractivity contribution is -0.282. The van der Waals surface area contributed by atoms with Gasteiger partial charge >= 0.3 is 0 Å². The van der Waals surface area contributed by atoms with Crippen LogP contribution >= 0.6 is 0 Å². The molecule has 3 heterocycles. The predicted octanol–water partition coefficient (Wildman–Crippen LogP) is -2.10. The Hall–Kier alpha value is -4.88. The molecule has 3 aliphatic heterocycles. The van der Waals surface area contributed by atoms with E-state index in [2.05, 4.69) is 70.2 Å². The summed E-state index contributed by atoms with van der Waals surface area (Å²) in [5, 5.41) is 112. The van der Waals surface area contributed by atoms with E-state index in [9.17, 15) is 84.3 Å². The summed E-state index contributed by atoms with van der Waals surface area (Å²) in [6.07, 6.45) is -12.7. The van der Waals surface area contributed by atoms with Crippen LogP contribution in [0.3, 0.4) is 0 Å². The van der Waals surface area contributed by atoms with Gasteiger partial charge < -0.3 is 122 Å². The van der Waals surface area contributed by atoms with Crippen molar-refractivity contribution in [2.24, 2.45) is 23.2 Å². The van der Waals surface area contributed by atoms with Crippen LogP contribution in [0.2, 0.25) is 0 Å². The van der Waals surface area contributed by atoms with Gasteiger partial charge in [-0.3, -0.25) is 38.4 Å². The number of carbonyl (C=O) groups excluding carboxylic acids is 8. The molecule has 32 heteroatoms. The summed E-state index contributed by atoms with van der Waals surface area (Å²) in [6, 6.07) is 0. The highest BCUT2D eigenvalue weighted by atomic mass is 16.7. The third kappa shape index (κ3) is 37.9. The zero-order chi connectivity index (χ0) is 73.1. The molecule has 97 heavy (non-hydrogen) atoms. The zero-order valence-electron chi connectivity index (χ0n) is 59.0. The van der Waals surface area contributed by atoms with E-state index >= 15 is 0 Å². The Kier molecular flexibility index (Phi) is 46.9. The molecule has 0 aromatic carbocycles. The number of methoxy groups -OCH3 is 1. The number of aliphatic hydroxyl groups is 9. The molecule has 0 saturated carbocycles. The van der Waals surface area contributed by atoms with Gasteiger partial charge in [0.1, 0.15) is 36.6 Å². The van der Waals surface area contributed by atoms with Crippen LogP contribution in [0.5, 0.6) is 0 Å². The van der Waals surface area contributed by atoms with Gasteiger partial charge in [-0.05, 0) is 56.8 Å². The fourth-order valence-electron chi connectivity index (χ4n) is 10.1. The molecule has 15 atom stereocenters. The summed E-state index contributed by atoms with van der Waals surface area (Å²) in [5.41, 5.74) is -0.820. The van der Waals surface area contributed by atoms with Crippen molar-refractivity contribution in [1.82, 2.24) is 42.5 Å². The molecule has 0 aliphatic carbocycles. The normalized spacial score (nSPS) is 26.0. The minimum absolute atomic E-state index is 0.0294. The number of carbonyl (C=O) groups is 8.